The van der Waals surface area contributed by atoms with Gasteiger partial charge < -0.3 is 0 Å². The maximum absolute atomic E-state index is 2.18. The maximum atomic E-state index is 2.18. The van der Waals surface area contributed by atoms with Gasteiger partial charge in [0.15, 0.2) is 18.9 Å². The van der Waals surface area contributed by atoms with Crippen molar-refractivity contribution in [2.24, 2.45) is 0 Å². The van der Waals surface area contributed by atoms with Crippen LogP contribution in [0, 0.1) is 0 Å². The molecule has 1 heteroatoms. The Morgan fingerprint density at radius 3 is 2.45 bits per heavy atom. The predicted molar refractivity (Wildman–Crippen MR) is 46.1 cm³/mol. The van der Waals surface area contributed by atoms with Crippen LogP contribution in [0.4, 0.5) is 0 Å². The van der Waals surface area contributed by atoms with E-state index in [2.05, 4.69) is 36.0 Å². The lowest BCUT2D eigenvalue weighted by atomic mass is 10.4. The summed E-state index contributed by atoms with van der Waals surface area (Å²) in [6.07, 6.45) is 9.62. The van der Waals surface area contributed by atoms with Gasteiger partial charge >= 0.3 is 0 Å². The molecular formula is C10H14N+. The van der Waals surface area contributed by atoms with Crippen LogP contribution in [0.5, 0.6) is 0 Å². The Morgan fingerprint density at radius 2 is 1.82 bits per heavy atom. The summed E-state index contributed by atoms with van der Waals surface area (Å²) >= 11 is 0. The number of hydrogen-bond donors (Lipinski definition) is 0. The first-order chi connectivity index (χ1) is 5.43. The molecule has 11 heavy (non-hydrogen) atoms. The number of pyridine rings is 1. The molecule has 1 nitrogen and oxygen atoms in total. The predicted octanol–water partition coefficient (Wildman–Crippen LogP) is 1.94. The Hall–Kier alpha value is -1.11. The fourth-order valence-corrected chi connectivity index (χ4v) is 0.919. The second-order valence-electron chi connectivity index (χ2n) is 2.45. The largest absolute Gasteiger partial charge is 0.201 e. The molecule has 0 aliphatic heterocycles. The molecule has 0 unspecified atom stereocenters. The van der Waals surface area contributed by atoms with Crippen molar-refractivity contribution in [1.29, 1.82) is 0 Å². The van der Waals surface area contributed by atoms with Crippen LogP contribution in [0.25, 0.3) is 0 Å². The fourth-order valence-electron chi connectivity index (χ4n) is 0.919. The summed E-state index contributed by atoms with van der Waals surface area (Å²) in [5.74, 6) is 0. The van der Waals surface area contributed by atoms with E-state index < -0.39 is 0 Å². The molecular weight excluding hydrogens is 134 g/mol. The molecule has 1 rings (SSSR count). The van der Waals surface area contributed by atoms with Gasteiger partial charge in [-0.2, -0.15) is 0 Å². The number of rotatable bonds is 3. The van der Waals surface area contributed by atoms with Gasteiger partial charge in [-0.15, -0.1) is 0 Å². The summed E-state index contributed by atoms with van der Waals surface area (Å²) in [5.41, 5.74) is 0. The van der Waals surface area contributed by atoms with Crippen molar-refractivity contribution in [2.45, 2.75) is 19.9 Å². The number of nitrogens with zero attached hydrogens (tertiary/aromatic N) is 1. The molecule has 1 aromatic heterocycles. The Bertz CT molecular complexity index is 214. The molecule has 0 saturated heterocycles. The molecule has 0 saturated carbocycles. The smallest absolute Gasteiger partial charge is 0.169 e. The van der Waals surface area contributed by atoms with Gasteiger partial charge in [-0.05, 0) is 12.5 Å². The van der Waals surface area contributed by atoms with E-state index in [0.29, 0.717) is 0 Å². The van der Waals surface area contributed by atoms with Crippen molar-refractivity contribution in [1.82, 2.24) is 0 Å². The van der Waals surface area contributed by atoms with Crippen molar-refractivity contribution >= 4 is 0 Å². The van der Waals surface area contributed by atoms with Crippen LogP contribution in [0.15, 0.2) is 42.7 Å². The molecule has 58 valence electrons. The summed E-state index contributed by atoms with van der Waals surface area (Å²) in [6, 6.07) is 6.11. The molecule has 0 aromatic carbocycles. The molecule has 0 atom stereocenters. The monoisotopic (exact) mass is 148 g/mol. The summed E-state index contributed by atoms with van der Waals surface area (Å²) in [5, 5.41) is 0. The van der Waals surface area contributed by atoms with E-state index in [1.165, 1.54) is 0 Å². The van der Waals surface area contributed by atoms with Gasteiger partial charge in [-0.25, -0.2) is 4.57 Å². The number of aromatic nitrogens is 1. The zero-order valence-electron chi connectivity index (χ0n) is 6.90. The van der Waals surface area contributed by atoms with Gasteiger partial charge in [-0.1, -0.05) is 19.1 Å². The molecule has 0 bridgehead atoms. The summed E-state index contributed by atoms with van der Waals surface area (Å²) in [7, 11) is 0. The van der Waals surface area contributed by atoms with E-state index >= 15 is 0 Å². The molecule has 1 heterocycles. The van der Waals surface area contributed by atoms with Gasteiger partial charge in [0.05, 0.1) is 0 Å². The van der Waals surface area contributed by atoms with Crippen LogP contribution in [0.3, 0.4) is 0 Å². The van der Waals surface area contributed by atoms with E-state index in [4.69, 9.17) is 0 Å². The highest BCUT2D eigenvalue weighted by molar-refractivity contribution is 4.84. The number of allylic oxidation sites excluding steroid dienone is 2. The van der Waals surface area contributed by atoms with Crippen LogP contribution in [-0.4, -0.2) is 0 Å². The molecule has 0 spiro atoms. The summed E-state index contributed by atoms with van der Waals surface area (Å²) in [4.78, 5) is 0. The minimum Gasteiger partial charge on any atom is -0.201 e. The summed E-state index contributed by atoms with van der Waals surface area (Å²) in [6.45, 7) is 3.13. The van der Waals surface area contributed by atoms with Crippen LogP contribution in [0.1, 0.15) is 13.3 Å². The Labute approximate surface area is 68.0 Å². The van der Waals surface area contributed by atoms with Crippen molar-refractivity contribution in [2.75, 3.05) is 0 Å². The summed E-state index contributed by atoms with van der Waals surface area (Å²) < 4.78 is 2.14. The Morgan fingerprint density at radius 1 is 1.09 bits per heavy atom. The lowest BCUT2D eigenvalue weighted by Gasteiger charge is -1.88. The highest BCUT2D eigenvalue weighted by Crippen LogP contribution is 1.81. The first-order valence-corrected chi connectivity index (χ1v) is 4.02. The van der Waals surface area contributed by atoms with E-state index in [1.807, 2.05) is 18.2 Å². The van der Waals surface area contributed by atoms with E-state index in [9.17, 15) is 0 Å². The third-order valence-electron chi connectivity index (χ3n) is 1.50. The molecule has 0 aliphatic carbocycles. The molecule has 0 radical (unpaired) electrons. The average molecular weight is 148 g/mol. The topological polar surface area (TPSA) is 3.88 Å². The zero-order chi connectivity index (χ0) is 7.94. The SMILES string of the molecule is CCC=CC[n+]1ccccc1. The molecule has 0 fully saturated rings. The lowest BCUT2D eigenvalue weighted by Crippen LogP contribution is -2.30. The second kappa shape index (κ2) is 4.67. The third kappa shape index (κ3) is 2.99. The van der Waals surface area contributed by atoms with E-state index in [-0.39, 0.29) is 0 Å². The minimum atomic E-state index is 0.981. The minimum absolute atomic E-state index is 0.981. The van der Waals surface area contributed by atoms with E-state index in [1.54, 1.807) is 0 Å². The first kappa shape index (κ1) is 7.99. The van der Waals surface area contributed by atoms with Gasteiger partial charge in [0.1, 0.15) is 0 Å². The lowest BCUT2D eigenvalue weighted by molar-refractivity contribution is -0.687. The maximum Gasteiger partial charge on any atom is 0.169 e. The van der Waals surface area contributed by atoms with Gasteiger partial charge in [0.2, 0.25) is 0 Å². The van der Waals surface area contributed by atoms with Crippen molar-refractivity contribution < 1.29 is 4.57 Å². The van der Waals surface area contributed by atoms with Crippen molar-refractivity contribution in [3.05, 3.63) is 42.7 Å². The van der Waals surface area contributed by atoms with Crippen molar-refractivity contribution in [3.8, 4) is 0 Å². The first-order valence-electron chi connectivity index (χ1n) is 4.02. The Balaban J connectivity index is 2.45. The van der Waals surface area contributed by atoms with Crippen LogP contribution in [-0.2, 0) is 6.54 Å². The molecule has 1 aromatic rings. The second-order valence-corrected chi connectivity index (χ2v) is 2.45. The Kier molecular flexibility index (Phi) is 3.39. The molecule has 0 N–H and O–H groups in total. The molecule has 0 aliphatic rings. The number of hydrogen-bond acceptors (Lipinski definition) is 0. The third-order valence-corrected chi connectivity index (χ3v) is 1.50. The standard InChI is InChI=1S/C10H14N/c1-2-3-5-8-11-9-6-4-7-10-11/h3-7,9-10H,2,8H2,1H3/q+1. The molecule has 0 amide bonds. The highest BCUT2D eigenvalue weighted by Gasteiger charge is 1.89. The van der Waals surface area contributed by atoms with E-state index in [0.717, 1.165) is 13.0 Å². The van der Waals surface area contributed by atoms with Gasteiger partial charge in [0, 0.05) is 12.1 Å². The van der Waals surface area contributed by atoms with Gasteiger partial charge in [0.25, 0.3) is 0 Å². The van der Waals surface area contributed by atoms with Crippen LogP contribution >= 0.6 is 0 Å². The average Bonchev–Trinajstić information content (AvgIpc) is 2.07. The van der Waals surface area contributed by atoms with Crippen LogP contribution in [0.2, 0.25) is 0 Å². The zero-order valence-corrected chi connectivity index (χ0v) is 6.90. The van der Waals surface area contributed by atoms with Crippen molar-refractivity contribution in [3.63, 3.8) is 0 Å². The van der Waals surface area contributed by atoms with Gasteiger partial charge in [-0.3, -0.25) is 0 Å². The quantitative estimate of drug-likeness (QED) is 0.455. The highest BCUT2D eigenvalue weighted by atomic mass is 14.9. The normalized spacial score (nSPS) is 10.6. The fraction of sp³-hybridized carbons (Fsp3) is 0.300. The van der Waals surface area contributed by atoms with Crippen LogP contribution < -0.4 is 4.57 Å².